The van der Waals surface area contributed by atoms with Gasteiger partial charge in [-0.2, -0.15) is 0 Å². The Morgan fingerprint density at radius 1 is 1.11 bits per heavy atom. The summed E-state index contributed by atoms with van der Waals surface area (Å²) in [5.41, 5.74) is 0.814. The maximum absolute atomic E-state index is 12.9. The largest absolute Gasteiger partial charge is 0.504 e. The third kappa shape index (κ3) is 3.61. The number of benzene rings is 2. The summed E-state index contributed by atoms with van der Waals surface area (Å²) in [6.07, 6.45) is 1.38. The molecule has 7 nitrogen and oxygen atoms in total. The first kappa shape index (κ1) is 18.4. The van der Waals surface area contributed by atoms with Gasteiger partial charge in [-0.05, 0) is 48.1 Å². The van der Waals surface area contributed by atoms with Gasteiger partial charge in [0.1, 0.15) is 11.3 Å². The zero-order valence-electron chi connectivity index (χ0n) is 14.6. The monoisotopic (exact) mass is 384 g/mol. The summed E-state index contributed by atoms with van der Waals surface area (Å²) in [6, 6.07) is 11.3. The second kappa shape index (κ2) is 7.46. The van der Waals surface area contributed by atoms with Crippen molar-refractivity contribution in [3.8, 4) is 17.2 Å². The summed E-state index contributed by atoms with van der Waals surface area (Å²) in [6.45, 7) is 0. The molecule has 0 bridgehead atoms. The summed E-state index contributed by atoms with van der Waals surface area (Å²) in [5.74, 6) is -0.455. The molecule has 0 spiro atoms. The Balaban J connectivity index is 2.00. The number of aromatic hydroxyl groups is 1. The van der Waals surface area contributed by atoms with Crippen LogP contribution in [-0.4, -0.2) is 36.3 Å². The van der Waals surface area contributed by atoms with Crippen LogP contribution >= 0.6 is 12.2 Å². The molecule has 2 aromatic carbocycles. The van der Waals surface area contributed by atoms with E-state index >= 15 is 0 Å². The summed E-state index contributed by atoms with van der Waals surface area (Å²) in [4.78, 5) is 26.5. The van der Waals surface area contributed by atoms with Crippen LogP contribution in [0.4, 0.5) is 5.69 Å². The van der Waals surface area contributed by atoms with Gasteiger partial charge in [-0.15, -0.1) is 0 Å². The predicted molar refractivity (Wildman–Crippen MR) is 104 cm³/mol. The topological polar surface area (TPSA) is 88.1 Å². The van der Waals surface area contributed by atoms with Gasteiger partial charge in [0, 0.05) is 6.07 Å². The molecule has 0 aliphatic carbocycles. The lowest BCUT2D eigenvalue weighted by Gasteiger charge is -2.29. The van der Waals surface area contributed by atoms with E-state index in [-0.39, 0.29) is 22.2 Å². The molecule has 1 aliphatic heterocycles. The minimum absolute atomic E-state index is 0.0204. The molecule has 0 radical (unpaired) electrons. The molecule has 2 N–H and O–H groups in total. The molecule has 138 valence electrons. The van der Waals surface area contributed by atoms with Gasteiger partial charge in [0.25, 0.3) is 11.8 Å². The normalized spacial score (nSPS) is 15.7. The van der Waals surface area contributed by atoms with E-state index in [1.807, 2.05) is 0 Å². The highest BCUT2D eigenvalue weighted by atomic mass is 32.1. The third-order valence-electron chi connectivity index (χ3n) is 3.93. The van der Waals surface area contributed by atoms with Crippen molar-refractivity contribution >= 4 is 40.9 Å². The van der Waals surface area contributed by atoms with Crippen molar-refractivity contribution in [2.75, 3.05) is 19.1 Å². The zero-order valence-corrected chi connectivity index (χ0v) is 15.4. The van der Waals surface area contributed by atoms with E-state index in [0.29, 0.717) is 17.0 Å². The highest BCUT2D eigenvalue weighted by Crippen LogP contribution is 2.29. The number of ether oxygens (including phenoxy) is 2. The van der Waals surface area contributed by atoms with E-state index in [1.165, 1.54) is 37.3 Å². The van der Waals surface area contributed by atoms with Gasteiger partial charge in [-0.3, -0.25) is 19.8 Å². The van der Waals surface area contributed by atoms with Crippen LogP contribution in [0.3, 0.4) is 0 Å². The van der Waals surface area contributed by atoms with Crippen molar-refractivity contribution in [2.45, 2.75) is 0 Å². The molecule has 1 heterocycles. The molecule has 1 aliphatic rings. The average molecular weight is 384 g/mol. The van der Waals surface area contributed by atoms with Crippen LogP contribution in [0.2, 0.25) is 0 Å². The Kier molecular flexibility index (Phi) is 5.09. The molecule has 2 aromatic rings. The standard InChI is InChI=1S/C19H16N2O5S/c1-25-13-5-3-4-12(10-13)21-18(24)14(17(23)20-19(21)27)8-11-6-7-16(26-2)15(22)9-11/h3-10,22H,1-2H3,(H,20,23,27)/b14-8-. The Hall–Kier alpha value is -3.39. The molecule has 0 saturated carbocycles. The molecular weight excluding hydrogens is 368 g/mol. The Bertz CT molecular complexity index is 970. The molecule has 1 saturated heterocycles. The zero-order chi connectivity index (χ0) is 19.6. The van der Waals surface area contributed by atoms with Crippen molar-refractivity contribution in [3.05, 3.63) is 53.6 Å². The van der Waals surface area contributed by atoms with Gasteiger partial charge in [0.05, 0.1) is 19.9 Å². The third-order valence-corrected chi connectivity index (χ3v) is 4.21. The van der Waals surface area contributed by atoms with Crippen molar-refractivity contribution in [1.82, 2.24) is 5.32 Å². The average Bonchev–Trinajstić information content (AvgIpc) is 2.65. The van der Waals surface area contributed by atoms with E-state index in [0.717, 1.165) is 0 Å². The number of nitrogens with zero attached hydrogens (tertiary/aromatic N) is 1. The maximum Gasteiger partial charge on any atom is 0.270 e. The fraction of sp³-hybridized carbons (Fsp3) is 0.105. The molecule has 0 unspecified atom stereocenters. The van der Waals surface area contributed by atoms with Crippen LogP contribution in [0.5, 0.6) is 17.2 Å². The van der Waals surface area contributed by atoms with E-state index in [2.05, 4.69) is 5.32 Å². The lowest BCUT2D eigenvalue weighted by molar-refractivity contribution is -0.122. The fourth-order valence-corrected chi connectivity index (χ4v) is 2.89. The number of anilines is 1. The van der Waals surface area contributed by atoms with Crippen molar-refractivity contribution in [2.24, 2.45) is 0 Å². The highest BCUT2D eigenvalue weighted by molar-refractivity contribution is 7.80. The quantitative estimate of drug-likeness (QED) is 0.478. The van der Waals surface area contributed by atoms with Gasteiger partial charge < -0.3 is 14.6 Å². The number of methoxy groups -OCH3 is 2. The van der Waals surface area contributed by atoms with Crippen molar-refractivity contribution in [3.63, 3.8) is 0 Å². The first-order valence-corrected chi connectivity index (χ1v) is 8.28. The summed E-state index contributed by atoms with van der Waals surface area (Å²) < 4.78 is 10.2. The predicted octanol–water partition coefficient (Wildman–Crippen LogP) is 2.24. The second-order valence-corrected chi connectivity index (χ2v) is 5.98. The maximum atomic E-state index is 12.9. The Morgan fingerprint density at radius 3 is 2.56 bits per heavy atom. The molecule has 2 amide bonds. The highest BCUT2D eigenvalue weighted by Gasteiger charge is 2.34. The number of phenolic OH excluding ortho intramolecular Hbond substituents is 1. The Morgan fingerprint density at radius 2 is 1.89 bits per heavy atom. The lowest BCUT2D eigenvalue weighted by Crippen LogP contribution is -2.54. The van der Waals surface area contributed by atoms with Gasteiger partial charge >= 0.3 is 0 Å². The van der Waals surface area contributed by atoms with Crippen LogP contribution in [0, 0.1) is 0 Å². The minimum Gasteiger partial charge on any atom is -0.504 e. The number of rotatable bonds is 4. The first-order valence-electron chi connectivity index (χ1n) is 7.87. The van der Waals surface area contributed by atoms with Gasteiger partial charge in [-0.1, -0.05) is 12.1 Å². The number of carbonyl (C=O) groups excluding carboxylic acids is 2. The number of thiocarbonyl (C=S) groups is 1. The second-order valence-electron chi connectivity index (χ2n) is 5.59. The van der Waals surface area contributed by atoms with Gasteiger partial charge in [-0.25, -0.2) is 0 Å². The smallest absolute Gasteiger partial charge is 0.270 e. The van der Waals surface area contributed by atoms with Crippen LogP contribution < -0.4 is 19.7 Å². The van der Waals surface area contributed by atoms with Crippen LogP contribution in [0.25, 0.3) is 6.08 Å². The Labute approximate surface area is 160 Å². The number of hydrogen-bond donors (Lipinski definition) is 2. The number of phenols is 1. The molecule has 1 fully saturated rings. The van der Waals surface area contributed by atoms with E-state index < -0.39 is 11.8 Å². The summed E-state index contributed by atoms with van der Waals surface area (Å²) in [7, 11) is 2.94. The molecule has 0 atom stereocenters. The number of hydrogen-bond acceptors (Lipinski definition) is 6. The number of amides is 2. The number of nitrogens with one attached hydrogen (secondary N) is 1. The molecule has 8 heteroatoms. The molecule has 0 aromatic heterocycles. The molecular formula is C19H16N2O5S. The molecule has 3 rings (SSSR count). The molecule has 27 heavy (non-hydrogen) atoms. The SMILES string of the molecule is COc1cccc(N2C(=O)/C(=C\c3ccc(OC)c(O)c3)C(=O)NC2=S)c1. The van der Waals surface area contributed by atoms with Gasteiger partial charge in [0.15, 0.2) is 16.6 Å². The number of carbonyl (C=O) groups is 2. The van der Waals surface area contributed by atoms with Crippen LogP contribution in [0.15, 0.2) is 48.0 Å². The van der Waals surface area contributed by atoms with E-state index in [9.17, 15) is 14.7 Å². The van der Waals surface area contributed by atoms with Crippen LogP contribution in [0.1, 0.15) is 5.56 Å². The summed E-state index contributed by atoms with van der Waals surface area (Å²) >= 11 is 5.16. The lowest BCUT2D eigenvalue weighted by atomic mass is 10.1. The van der Waals surface area contributed by atoms with Gasteiger partial charge in [0.2, 0.25) is 0 Å². The van der Waals surface area contributed by atoms with Crippen molar-refractivity contribution in [1.29, 1.82) is 0 Å². The minimum atomic E-state index is -0.612. The van der Waals surface area contributed by atoms with Crippen LogP contribution in [-0.2, 0) is 9.59 Å². The van der Waals surface area contributed by atoms with Crippen molar-refractivity contribution < 1.29 is 24.2 Å². The first-order chi connectivity index (χ1) is 12.9. The summed E-state index contributed by atoms with van der Waals surface area (Å²) in [5, 5.41) is 12.4. The van der Waals surface area contributed by atoms with E-state index in [4.69, 9.17) is 21.7 Å². The van der Waals surface area contributed by atoms with E-state index in [1.54, 1.807) is 30.3 Å². The fourth-order valence-electron chi connectivity index (χ4n) is 2.60.